The predicted molar refractivity (Wildman–Crippen MR) is 27.5 cm³/mol. The van der Waals surface area contributed by atoms with E-state index in [4.69, 9.17) is 4.89 Å². The highest BCUT2D eigenvalue weighted by Crippen LogP contribution is 2.32. The van der Waals surface area contributed by atoms with E-state index < -0.39 is 8.60 Å². The molecule has 0 bridgehead atoms. The van der Waals surface area contributed by atoms with E-state index in [1.54, 1.807) is 0 Å². The molecule has 1 unspecified atom stereocenters. The third-order valence-corrected chi connectivity index (χ3v) is 0.850. The third-order valence-electron chi connectivity index (χ3n) is 0.362. The average Bonchev–Trinajstić information content (AvgIpc) is 1.83. The van der Waals surface area contributed by atoms with Crippen molar-refractivity contribution in [1.82, 2.24) is 0 Å². The molecule has 0 amide bonds. The summed E-state index contributed by atoms with van der Waals surface area (Å²) in [5.41, 5.74) is 0. The number of hydrogen-bond acceptors (Lipinski definition) is 3. The maximum absolute atomic E-state index is 10.8. The summed E-state index contributed by atoms with van der Waals surface area (Å²) in [5, 5.41) is 0. The number of hydrogen-bond donors (Lipinski definition) is 1. The molecule has 0 rings (SSSR count). The van der Waals surface area contributed by atoms with Crippen LogP contribution in [0.5, 0.6) is 0 Å². The molecule has 0 heterocycles. The van der Waals surface area contributed by atoms with Crippen LogP contribution in [-0.2, 0) is 9.25 Å². The fourth-order valence-corrected chi connectivity index (χ4v) is 0.409. The van der Waals surface area contributed by atoms with E-state index in [9.17, 15) is 4.53 Å². The second-order valence-electron chi connectivity index (χ2n) is 0.891. The Bertz CT molecular complexity index is 69.5. The Morgan fingerprint density at radius 3 is 2.88 bits per heavy atom. The van der Waals surface area contributed by atoms with Gasteiger partial charge in [-0.25, -0.2) is 0 Å². The van der Waals surface area contributed by atoms with Gasteiger partial charge < -0.3 is 9.42 Å². The molecule has 48 valence electrons. The van der Waals surface area contributed by atoms with Gasteiger partial charge in [-0.1, -0.05) is 6.08 Å². The highest BCUT2D eigenvalue weighted by molar-refractivity contribution is 7.40. The summed E-state index contributed by atoms with van der Waals surface area (Å²) in [6.45, 7) is 3.35. The van der Waals surface area contributed by atoms with Crippen LogP contribution >= 0.6 is 8.60 Å². The molecule has 0 aromatic carbocycles. The van der Waals surface area contributed by atoms with Crippen molar-refractivity contribution in [2.75, 3.05) is 6.61 Å². The molecule has 0 saturated carbocycles. The van der Waals surface area contributed by atoms with E-state index in [-0.39, 0.29) is 6.61 Å². The molecule has 3 nitrogen and oxygen atoms in total. The predicted octanol–water partition coefficient (Wildman–Crippen LogP) is 1.31. The molecular formula is C3H6FO3P. The molecule has 1 N–H and O–H groups in total. The van der Waals surface area contributed by atoms with E-state index in [0.29, 0.717) is 0 Å². The Kier molecular flexibility index (Phi) is 5.11. The number of halogens is 1. The van der Waals surface area contributed by atoms with Crippen molar-refractivity contribution in [3.05, 3.63) is 12.7 Å². The molecule has 0 aromatic heterocycles. The molecule has 0 aliphatic carbocycles. The standard InChI is InChI=1S/C3H6FO3P/c1-2-3-6-8(5)7-4/h2,5H,1,3H2. The maximum Gasteiger partial charge on any atom is 0.366 e. The van der Waals surface area contributed by atoms with Gasteiger partial charge in [-0.05, 0) is 4.53 Å². The van der Waals surface area contributed by atoms with E-state index in [2.05, 4.69) is 15.8 Å². The van der Waals surface area contributed by atoms with Gasteiger partial charge in [0.05, 0.1) is 6.61 Å². The van der Waals surface area contributed by atoms with Crippen LogP contribution in [0.1, 0.15) is 0 Å². The van der Waals surface area contributed by atoms with Gasteiger partial charge in [-0.2, -0.15) is 0 Å². The fraction of sp³-hybridized carbons (Fsp3) is 0.333. The first kappa shape index (κ1) is 7.98. The van der Waals surface area contributed by atoms with Crippen LogP contribution < -0.4 is 0 Å². The Balaban J connectivity index is 2.97. The molecule has 0 saturated heterocycles. The zero-order valence-electron chi connectivity index (χ0n) is 4.08. The summed E-state index contributed by atoms with van der Waals surface area (Å²) >= 11 is 0. The van der Waals surface area contributed by atoms with Crippen molar-refractivity contribution in [1.29, 1.82) is 0 Å². The fourth-order valence-electron chi connectivity index (χ4n) is 0.136. The van der Waals surface area contributed by atoms with Gasteiger partial charge in [-0.15, -0.1) is 11.3 Å². The lowest BCUT2D eigenvalue weighted by Crippen LogP contribution is -1.82. The van der Waals surface area contributed by atoms with Crippen LogP contribution in [0.15, 0.2) is 12.7 Å². The van der Waals surface area contributed by atoms with E-state index in [1.807, 2.05) is 0 Å². The van der Waals surface area contributed by atoms with E-state index in [1.165, 1.54) is 6.08 Å². The highest BCUT2D eigenvalue weighted by atomic mass is 31.2. The van der Waals surface area contributed by atoms with Crippen LogP contribution in [0.25, 0.3) is 0 Å². The third kappa shape index (κ3) is 4.15. The van der Waals surface area contributed by atoms with Crippen LogP contribution in [0, 0.1) is 0 Å². The molecule has 0 aromatic rings. The lowest BCUT2D eigenvalue weighted by molar-refractivity contribution is -0.0258. The maximum atomic E-state index is 10.8. The summed E-state index contributed by atoms with van der Waals surface area (Å²) in [5.74, 6) is 0. The largest absolute Gasteiger partial charge is 0.366 e. The van der Waals surface area contributed by atoms with Crippen molar-refractivity contribution in [2.45, 2.75) is 0 Å². The van der Waals surface area contributed by atoms with Gasteiger partial charge in [0.2, 0.25) is 0 Å². The van der Waals surface area contributed by atoms with Crippen molar-refractivity contribution in [3.63, 3.8) is 0 Å². The van der Waals surface area contributed by atoms with Gasteiger partial charge in [0.25, 0.3) is 0 Å². The molecule has 1 atom stereocenters. The van der Waals surface area contributed by atoms with Crippen molar-refractivity contribution in [3.8, 4) is 0 Å². The SMILES string of the molecule is C=CCOP(O)OF. The monoisotopic (exact) mass is 140 g/mol. The average molecular weight is 140 g/mol. The first-order valence-corrected chi connectivity index (χ1v) is 2.95. The molecule has 8 heavy (non-hydrogen) atoms. The Labute approximate surface area is 47.6 Å². The van der Waals surface area contributed by atoms with Crippen molar-refractivity contribution < 1.29 is 18.7 Å². The smallest absolute Gasteiger partial charge is 0.326 e. The van der Waals surface area contributed by atoms with E-state index >= 15 is 0 Å². The molecule has 0 aliphatic heterocycles. The first-order chi connectivity index (χ1) is 3.81. The molecule has 0 fully saturated rings. The minimum absolute atomic E-state index is 0.0894. The van der Waals surface area contributed by atoms with Gasteiger partial charge in [0.1, 0.15) is 0 Å². The van der Waals surface area contributed by atoms with Gasteiger partial charge in [0.15, 0.2) is 0 Å². The molecule has 0 radical (unpaired) electrons. The highest BCUT2D eigenvalue weighted by Gasteiger charge is 2.02. The molecule has 5 heteroatoms. The lowest BCUT2D eigenvalue weighted by Gasteiger charge is -1.98. The zero-order valence-corrected chi connectivity index (χ0v) is 4.97. The lowest BCUT2D eigenvalue weighted by atomic mass is 10.7. The second kappa shape index (κ2) is 5.12. The number of rotatable bonds is 4. The van der Waals surface area contributed by atoms with Crippen LogP contribution in [0.2, 0.25) is 0 Å². The minimum atomic E-state index is -2.32. The molecule has 0 aliphatic rings. The second-order valence-corrected chi connectivity index (χ2v) is 1.76. The topological polar surface area (TPSA) is 38.7 Å². The summed E-state index contributed by atoms with van der Waals surface area (Å²) in [7, 11) is -2.32. The summed E-state index contributed by atoms with van der Waals surface area (Å²) in [4.78, 5) is 8.19. The Hall–Kier alpha value is -0.0200. The van der Waals surface area contributed by atoms with Gasteiger partial charge in [-0.3, -0.25) is 0 Å². The van der Waals surface area contributed by atoms with Gasteiger partial charge >= 0.3 is 8.60 Å². The van der Waals surface area contributed by atoms with Crippen LogP contribution in [-0.4, -0.2) is 11.5 Å². The van der Waals surface area contributed by atoms with Crippen LogP contribution in [0.3, 0.4) is 0 Å². The summed E-state index contributed by atoms with van der Waals surface area (Å²) in [6, 6.07) is 0. The Morgan fingerprint density at radius 2 is 2.50 bits per heavy atom. The quantitative estimate of drug-likeness (QED) is 0.472. The van der Waals surface area contributed by atoms with Crippen LogP contribution in [0.4, 0.5) is 4.53 Å². The van der Waals surface area contributed by atoms with E-state index in [0.717, 1.165) is 0 Å². The van der Waals surface area contributed by atoms with Crippen molar-refractivity contribution in [2.24, 2.45) is 0 Å². The summed E-state index contributed by atoms with van der Waals surface area (Å²) < 4.78 is 18.0. The summed E-state index contributed by atoms with van der Waals surface area (Å²) in [6.07, 6.45) is 1.38. The van der Waals surface area contributed by atoms with Gasteiger partial charge in [0, 0.05) is 0 Å². The molecule has 0 spiro atoms. The first-order valence-electron chi connectivity index (χ1n) is 1.82. The normalized spacial score (nSPS) is 13.2. The zero-order chi connectivity index (χ0) is 6.41. The van der Waals surface area contributed by atoms with Crippen molar-refractivity contribution >= 4 is 8.60 Å². The molecular weight excluding hydrogens is 134 g/mol. The minimum Gasteiger partial charge on any atom is -0.326 e. The Morgan fingerprint density at radius 1 is 1.88 bits per heavy atom.